The maximum atomic E-state index is 4.76. The lowest BCUT2D eigenvalue weighted by Crippen LogP contribution is -2.23. The van der Waals surface area contributed by atoms with Crippen LogP contribution in [0.25, 0.3) is 0 Å². The molecule has 1 heterocycles. The van der Waals surface area contributed by atoms with Crippen molar-refractivity contribution in [3.63, 3.8) is 0 Å². The van der Waals surface area contributed by atoms with Crippen molar-refractivity contribution in [3.05, 3.63) is 78.9 Å². The molecule has 0 radical (unpaired) electrons. The predicted molar refractivity (Wildman–Crippen MR) is 80.5 cm³/mol. The van der Waals surface area contributed by atoms with Crippen LogP contribution in [0, 0.1) is 0 Å². The smallest absolute Gasteiger partial charge is 0.0760 e. The topological polar surface area (TPSA) is 15.6 Å². The van der Waals surface area contributed by atoms with Gasteiger partial charge in [0.2, 0.25) is 0 Å². The van der Waals surface area contributed by atoms with Crippen molar-refractivity contribution >= 4 is 11.4 Å². The average Bonchev–Trinajstić information content (AvgIpc) is 2.93. The molecule has 0 N–H and O–H groups in total. The highest BCUT2D eigenvalue weighted by molar-refractivity contribution is 6.03. The van der Waals surface area contributed by atoms with E-state index in [2.05, 4.69) is 35.9 Å². The molecule has 0 saturated heterocycles. The van der Waals surface area contributed by atoms with Gasteiger partial charge in [0, 0.05) is 6.42 Å². The lowest BCUT2D eigenvalue weighted by Gasteiger charge is -2.20. The van der Waals surface area contributed by atoms with Gasteiger partial charge in [-0.25, -0.2) is 0 Å². The van der Waals surface area contributed by atoms with E-state index >= 15 is 0 Å². The van der Waals surface area contributed by atoms with Crippen LogP contribution in [-0.2, 0) is 0 Å². The van der Waals surface area contributed by atoms with Crippen LogP contribution >= 0.6 is 0 Å². The molecule has 94 valence electrons. The predicted octanol–water partition coefficient (Wildman–Crippen LogP) is 3.86. The van der Waals surface area contributed by atoms with Crippen molar-refractivity contribution in [1.29, 1.82) is 0 Å². The zero-order valence-corrected chi connectivity index (χ0v) is 10.7. The monoisotopic (exact) mass is 248 g/mol. The van der Waals surface area contributed by atoms with Gasteiger partial charge in [0.05, 0.1) is 17.4 Å². The third-order valence-corrected chi connectivity index (χ3v) is 3.34. The van der Waals surface area contributed by atoms with Crippen molar-refractivity contribution in [2.45, 2.75) is 12.5 Å². The van der Waals surface area contributed by atoms with Crippen LogP contribution in [0.4, 0.5) is 5.69 Å². The van der Waals surface area contributed by atoms with Crippen molar-refractivity contribution in [2.75, 3.05) is 5.01 Å². The summed E-state index contributed by atoms with van der Waals surface area (Å²) in [5.41, 5.74) is 3.42. The Hall–Kier alpha value is -2.35. The van der Waals surface area contributed by atoms with E-state index in [1.165, 1.54) is 5.56 Å². The number of nitrogens with zero attached hydrogens (tertiary/aromatic N) is 2. The molecule has 1 atom stereocenters. The van der Waals surface area contributed by atoms with E-state index in [1.807, 2.05) is 42.5 Å². The summed E-state index contributed by atoms with van der Waals surface area (Å²) >= 11 is 0. The number of para-hydroxylation sites is 1. The van der Waals surface area contributed by atoms with E-state index in [0.717, 1.165) is 17.8 Å². The van der Waals surface area contributed by atoms with Gasteiger partial charge in [-0.05, 0) is 17.7 Å². The molecular weight excluding hydrogens is 232 g/mol. The second-order valence-electron chi connectivity index (χ2n) is 4.60. The van der Waals surface area contributed by atoms with E-state index in [9.17, 15) is 0 Å². The number of anilines is 1. The van der Waals surface area contributed by atoms with E-state index < -0.39 is 0 Å². The highest BCUT2D eigenvalue weighted by atomic mass is 15.5. The molecule has 2 aromatic rings. The maximum Gasteiger partial charge on any atom is 0.0760 e. The van der Waals surface area contributed by atoms with Gasteiger partial charge in [0.1, 0.15) is 0 Å². The summed E-state index contributed by atoms with van der Waals surface area (Å²) in [7, 11) is 0. The van der Waals surface area contributed by atoms with E-state index in [0.29, 0.717) is 0 Å². The molecule has 0 aliphatic carbocycles. The molecular formula is C17H16N2. The highest BCUT2D eigenvalue weighted by Gasteiger charge is 2.25. The zero-order valence-electron chi connectivity index (χ0n) is 10.7. The van der Waals surface area contributed by atoms with Gasteiger partial charge in [0.25, 0.3) is 0 Å². The zero-order chi connectivity index (χ0) is 13.1. The fourth-order valence-electron chi connectivity index (χ4n) is 2.35. The van der Waals surface area contributed by atoms with Crippen LogP contribution in [-0.4, -0.2) is 11.8 Å². The first-order valence-electron chi connectivity index (χ1n) is 6.48. The molecule has 1 aliphatic heterocycles. The first-order valence-corrected chi connectivity index (χ1v) is 6.48. The van der Waals surface area contributed by atoms with Crippen LogP contribution in [0.5, 0.6) is 0 Å². The summed E-state index contributed by atoms with van der Waals surface area (Å²) in [5, 5.41) is 6.81. The summed E-state index contributed by atoms with van der Waals surface area (Å²) < 4.78 is 0. The quantitative estimate of drug-likeness (QED) is 0.753. The Balaban J connectivity index is 1.96. The molecule has 19 heavy (non-hydrogen) atoms. The number of hydrogen-bond donors (Lipinski definition) is 0. The fraction of sp³-hybridized carbons (Fsp3) is 0.118. The molecule has 2 heteroatoms. The molecule has 1 unspecified atom stereocenters. The van der Waals surface area contributed by atoms with E-state index in [-0.39, 0.29) is 6.04 Å². The normalized spacial score (nSPS) is 18.2. The van der Waals surface area contributed by atoms with E-state index in [4.69, 9.17) is 5.10 Å². The highest BCUT2D eigenvalue weighted by Crippen LogP contribution is 2.26. The summed E-state index contributed by atoms with van der Waals surface area (Å²) in [6, 6.07) is 20.8. The van der Waals surface area contributed by atoms with Crippen LogP contribution in [0.1, 0.15) is 12.0 Å². The van der Waals surface area contributed by atoms with Crippen LogP contribution in [0.2, 0.25) is 0 Å². The summed E-state index contributed by atoms with van der Waals surface area (Å²) in [6.45, 7) is 3.93. The Morgan fingerprint density at radius 3 is 2.26 bits per heavy atom. The SMILES string of the molecule is C=CC1CC(c2ccccc2)=NN1c1ccccc1. The number of rotatable bonds is 3. The first-order chi connectivity index (χ1) is 9.38. The summed E-state index contributed by atoms with van der Waals surface area (Å²) in [6.07, 6.45) is 2.87. The first kappa shape index (κ1) is 11.7. The van der Waals surface area contributed by atoms with Crippen molar-refractivity contribution in [3.8, 4) is 0 Å². The minimum atomic E-state index is 0.234. The van der Waals surface area contributed by atoms with Crippen molar-refractivity contribution in [2.24, 2.45) is 5.10 Å². The second-order valence-corrected chi connectivity index (χ2v) is 4.60. The van der Waals surface area contributed by atoms with Gasteiger partial charge in [-0.3, -0.25) is 5.01 Å². The van der Waals surface area contributed by atoms with E-state index in [1.54, 1.807) is 0 Å². The lowest BCUT2D eigenvalue weighted by molar-refractivity contribution is 0.790. The molecule has 2 nitrogen and oxygen atoms in total. The van der Waals surface area contributed by atoms with Crippen LogP contribution in [0.3, 0.4) is 0 Å². The molecule has 0 bridgehead atoms. The molecule has 0 fully saturated rings. The third-order valence-electron chi connectivity index (χ3n) is 3.34. The van der Waals surface area contributed by atoms with Gasteiger partial charge < -0.3 is 0 Å². The Labute approximate surface area is 113 Å². The van der Waals surface area contributed by atoms with Crippen LogP contribution in [0.15, 0.2) is 78.4 Å². The maximum absolute atomic E-state index is 4.76. The standard InChI is InChI=1S/C17H16N2/c1-2-15-13-17(14-9-5-3-6-10-14)18-19(15)16-11-7-4-8-12-16/h2-12,15H,1,13H2. The molecule has 3 rings (SSSR count). The molecule has 0 spiro atoms. The van der Waals surface area contributed by atoms with Gasteiger partial charge >= 0.3 is 0 Å². The summed E-state index contributed by atoms with van der Waals surface area (Å²) in [4.78, 5) is 0. The van der Waals surface area contributed by atoms with Crippen LogP contribution < -0.4 is 5.01 Å². The molecule has 0 saturated carbocycles. The lowest BCUT2D eigenvalue weighted by atomic mass is 10.0. The van der Waals surface area contributed by atoms with Gasteiger partial charge in [-0.15, -0.1) is 6.58 Å². The average molecular weight is 248 g/mol. The third kappa shape index (κ3) is 2.29. The number of hydrazone groups is 1. The minimum absolute atomic E-state index is 0.234. The Kier molecular flexibility index (Phi) is 3.15. The number of hydrogen-bond acceptors (Lipinski definition) is 2. The Morgan fingerprint density at radius 2 is 1.63 bits per heavy atom. The largest absolute Gasteiger partial charge is 0.258 e. The van der Waals surface area contributed by atoms with Crippen molar-refractivity contribution < 1.29 is 0 Å². The minimum Gasteiger partial charge on any atom is -0.258 e. The Bertz CT molecular complexity index is 587. The molecule has 2 aromatic carbocycles. The van der Waals surface area contributed by atoms with Gasteiger partial charge in [-0.1, -0.05) is 54.6 Å². The number of benzene rings is 2. The molecule has 0 amide bonds. The Morgan fingerprint density at radius 1 is 1.00 bits per heavy atom. The second kappa shape index (κ2) is 5.11. The fourth-order valence-corrected chi connectivity index (χ4v) is 2.35. The molecule has 0 aromatic heterocycles. The molecule has 1 aliphatic rings. The van der Waals surface area contributed by atoms with Gasteiger partial charge in [-0.2, -0.15) is 5.10 Å². The summed E-state index contributed by atoms with van der Waals surface area (Å²) in [5.74, 6) is 0. The van der Waals surface area contributed by atoms with Crippen molar-refractivity contribution in [1.82, 2.24) is 0 Å². The van der Waals surface area contributed by atoms with Gasteiger partial charge in [0.15, 0.2) is 0 Å².